The smallest absolute Gasteiger partial charge is 0.211 e. The first-order valence-corrected chi connectivity index (χ1v) is 6.34. The fourth-order valence-electron chi connectivity index (χ4n) is 1.61. The van der Waals surface area contributed by atoms with E-state index in [1.165, 1.54) is 10.4 Å². The highest BCUT2D eigenvalue weighted by molar-refractivity contribution is 7.13. The summed E-state index contributed by atoms with van der Waals surface area (Å²) in [6, 6.07) is 2.26. The number of rotatable bonds is 4. The van der Waals surface area contributed by atoms with E-state index in [0.717, 1.165) is 18.2 Å². The predicted molar refractivity (Wildman–Crippen MR) is 66.6 cm³/mol. The quantitative estimate of drug-likeness (QED) is 0.884. The molecule has 0 aliphatic carbocycles. The van der Waals surface area contributed by atoms with Gasteiger partial charge in [0.2, 0.25) is 5.89 Å². The SMILES string of the molecule is CCNC(C)c1ncc(-c2sccc2C)o1. The van der Waals surface area contributed by atoms with Gasteiger partial charge >= 0.3 is 0 Å². The van der Waals surface area contributed by atoms with Gasteiger partial charge in [-0.25, -0.2) is 4.98 Å². The van der Waals surface area contributed by atoms with Crippen LogP contribution in [0.15, 0.2) is 22.1 Å². The Labute approximate surface area is 99.5 Å². The van der Waals surface area contributed by atoms with Crippen molar-refractivity contribution in [2.24, 2.45) is 0 Å². The van der Waals surface area contributed by atoms with Gasteiger partial charge in [-0.1, -0.05) is 6.92 Å². The van der Waals surface area contributed by atoms with Gasteiger partial charge in [0, 0.05) is 0 Å². The van der Waals surface area contributed by atoms with Crippen LogP contribution in [0.25, 0.3) is 10.6 Å². The minimum absolute atomic E-state index is 0.166. The minimum atomic E-state index is 0.166. The van der Waals surface area contributed by atoms with Crippen molar-refractivity contribution in [3.8, 4) is 10.6 Å². The highest BCUT2D eigenvalue weighted by atomic mass is 32.1. The van der Waals surface area contributed by atoms with E-state index in [2.05, 4.69) is 42.5 Å². The molecule has 1 unspecified atom stereocenters. The topological polar surface area (TPSA) is 38.1 Å². The molecule has 16 heavy (non-hydrogen) atoms. The molecule has 3 nitrogen and oxygen atoms in total. The molecule has 86 valence electrons. The summed E-state index contributed by atoms with van der Waals surface area (Å²) in [6.45, 7) is 7.13. The zero-order valence-electron chi connectivity index (χ0n) is 9.78. The first-order chi connectivity index (χ1) is 7.72. The number of aryl methyl sites for hydroxylation is 1. The van der Waals surface area contributed by atoms with Crippen molar-refractivity contribution >= 4 is 11.3 Å². The van der Waals surface area contributed by atoms with Crippen LogP contribution >= 0.6 is 11.3 Å². The summed E-state index contributed by atoms with van der Waals surface area (Å²) in [5.41, 5.74) is 1.24. The molecule has 2 heterocycles. The van der Waals surface area contributed by atoms with Crippen molar-refractivity contribution < 1.29 is 4.42 Å². The number of nitrogens with one attached hydrogen (secondary N) is 1. The van der Waals surface area contributed by atoms with Crippen LogP contribution in [0.4, 0.5) is 0 Å². The van der Waals surface area contributed by atoms with Gasteiger partial charge in [0.15, 0.2) is 5.76 Å². The van der Waals surface area contributed by atoms with Crippen LogP contribution in [-0.2, 0) is 0 Å². The van der Waals surface area contributed by atoms with E-state index in [4.69, 9.17) is 4.42 Å². The zero-order chi connectivity index (χ0) is 11.5. The van der Waals surface area contributed by atoms with Gasteiger partial charge in [0.1, 0.15) is 0 Å². The molecule has 0 bridgehead atoms. The third-order valence-corrected chi connectivity index (χ3v) is 3.52. The number of thiophene rings is 1. The monoisotopic (exact) mass is 236 g/mol. The van der Waals surface area contributed by atoms with Crippen LogP contribution in [0, 0.1) is 6.92 Å². The van der Waals surface area contributed by atoms with Gasteiger partial charge in [-0.3, -0.25) is 0 Å². The second-order valence-corrected chi connectivity index (χ2v) is 4.69. The Morgan fingerprint density at radius 1 is 1.56 bits per heavy atom. The molecule has 1 atom stereocenters. The maximum atomic E-state index is 5.76. The van der Waals surface area contributed by atoms with Crippen molar-refractivity contribution in [2.45, 2.75) is 26.8 Å². The molecule has 2 aromatic heterocycles. The van der Waals surface area contributed by atoms with E-state index in [0.29, 0.717) is 0 Å². The van der Waals surface area contributed by atoms with E-state index in [9.17, 15) is 0 Å². The Balaban J connectivity index is 2.23. The maximum absolute atomic E-state index is 5.76. The average Bonchev–Trinajstić information content (AvgIpc) is 2.86. The molecule has 0 radical (unpaired) electrons. The lowest BCUT2D eigenvalue weighted by Gasteiger charge is -2.06. The van der Waals surface area contributed by atoms with Gasteiger partial charge in [-0.15, -0.1) is 11.3 Å². The van der Waals surface area contributed by atoms with Crippen LogP contribution < -0.4 is 5.32 Å². The Morgan fingerprint density at radius 2 is 2.38 bits per heavy atom. The van der Waals surface area contributed by atoms with Gasteiger partial charge < -0.3 is 9.73 Å². The Morgan fingerprint density at radius 3 is 3.00 bits per heavy atom. The highest BCUT2D eigenvalue weighted by Gasteiger charge is 2.13. The summed E-state index contributed by atoms with van der Waals surface area (Å²) in [4.78, 5) is 5.48. The lowest BCUT2D eigenvalue weighted by Crippen LogP contribution is -2.17. The van der Waals surface area contributed by atoms with Crippen LogP contribution in [0.5, 0.6) is 0 Å². The molecular weight excluding hydrogens is 220 g/mol. The Hall–Kier alpha value is -1.13. The second kappa shape index (κ2) is 4.80. The Bertz CT molecular complexity index is 461. The number of hydrogen-bond donors (Lipinski definition) is 1. The molecule has 1 N–H and O–H groups in total. The van der Waals surface area contributed by atoms with Gasteiger partial charge in [-0.05, 0) is 37.4 Å². The first kappa shape index (κ1) is 11.4. The van der Waals surface area contributed by atoms with E-state index >= 15 is 0 Å². The molecule has 2 aromatic rings. The van der Waals surface area contributed by atoms with Crippen molar-refractivity contribution in [1.82, 2.24) is 10.3 Å². The third-order valence-electron chi connectivity index (χ3n) is 2.49. The largest absolute Gasteiger partial charge is 0.438 e. The molecule has 0 saturated carbocycles. The highest BCUT2D eigenvalue weighted by Crippen LogP contribution is 2.30. The van der Waals surface area contributed by atoms with Gasteiger partial charge in [-0.2, -0.15) is 0 Å². The zero-order valence-corrected chi connectivity index (χ0v) is 10.6. The lowest BCUT2D eigenvalue weighted by molar-refractivity contribution is 0.429. The molecule has 4 heteroatoms. The molecule has 0 spiro atoms. The fourth-order valence-corrected chi connectivity index (χ4v) is 2.48. The van der Waals surface area contributed by atoms with Crippen molar-refractivity contribution in [3.05, 3.63) is 29.1 Å². The van der Waals surface area contributed by atoms with E-state index in [-0.39, 0.29) is 6.04 Å². The van der Waals surface area contributed by atoms with E-state index in [1.807, 2.05) is 6.20 Å². The normalized spacial score (nSPS) is 12.9. The van der Waals surface area contributed by atoms with E-state index < -0.39 is 0 Å². The number of hydrogen-bond acceptors (Lipinski definition) is 4. The molecule has 0 fully saturated rings. The fraction of sp³-hybridized carbons (Fsp3) is 0.417. The van der Waals surface area contributed by atoms with Gasteiger partial charge in [0.05, 0.1) is 17.1 Å². The standard InChI is InChI=1S/C12H16N2OS/c1-4-13-9(3)12-14-7-10(15-12)11-8(2)5-6-16-11/h5-7,9,13H,4H2,1-3H3. The molecular formula is C12H16N2OS. The van der Waals surface area contributed by atoms with Crippen molar-refractivity contribution in [3.63, 3.8) is 0 Å². The molecule has 0 aliphatic heterocycles. The molecule has 0 aliphatic rings. The summed E-state index contributed by atoms with van der Waals surface area (Å²) in [7, 11) is 0. The summed E-state index contributed by atoms with van der Waals surface area (Å²) in [5.74, 6) is 1.62. The summed E-state index contributed by atoms with van der Waals surface area (Å²) in [5, 5.41) is 5.35. The predicted octanol–water partition coefficient (Wildman–Crippen LogP) is 3.38. The van der Waals surface area contributed by atoms with E-state index in [1.54, 1.807) is 11.3 Å². The molecule has 0 amide bonds. The number of nitrogens with zero attached hydrogens (tertiary/aromatic N) is 1. The average molecular weight is 236 g/mol. The van der Waals surface area contributed by atoms with Crippen LogP contribution in [0.1, 0.15) is 31.3 Å². The summed E-state index contributed by atoms with van der Waals surface area (Å²) in [6.07, 6.45) is 1.81. The second-order valence-electron chi connectivity index (χ2n) is 3.77. The van der Waals surface area contributed by atoms with Crippen LogP contribution in [0.2, 0.25) is 0 Å². The Kier molecular flexibility index (Phi) is 3.41. The number of aromatic nitrogens is 1. The van der Waals surface area contributed by atoms with Crippen molar-refractivity contribution in [1.29, 1.82) is 0 Å². The van der Waals surface area contributed by atoms with Gasteiger partial charge in [0.25, 0.3) is 0 Å². The maximum Gasteiger partial charge on any atom is 0.211 e. The van der Waals surface area contributed by atoms with Crippen molar-refractivity contribution in [2.75, 3.05) is 6.54 Å². The molecule has 0 aromatic carbocycles. The van der Waals surface area contributed by atoms with Crippen LogP contribution in [-0.4, -0.2) is 11.5 Å². The summed E-state index contributed by atoms with van der Waals surface area (Å²) < 4.78 is 5.76. The lowest BCUT2D eigenvalue weighted by atomic mass is 10.2. The molecule has 0 saturated heterocycles. The third kappa shape index (κ3) is 2.18. The number of oxazole rings is 1. The minimum Gasteiger partial charge on any atom is -0.438 e. The first-order valence-electron chi connectivity index (χ1n) is 5.46. The summed E-state index contributed by atoms with van der Waals surface area (Å²) >= 11 is 1.69. The molecule has 2 rings (SSSR count). The van der Waals surface area contributed by atoms with Crippen LogP contribution in [0.3, 0.4) is 0 Å².